The molecule has 0 atom stereocenters. The van der Waals surface area contributed by atoms with E-state index in [1.54, 1.807) is 20.8 Å². The van der Waals surface area contributed by atoms with Gasteiger partial charge in [-0.2, -0.15) is 0 Å². The Labute approximate surface area is 61.8 Å². The third kappa shape index (κ3) is 5.41. The van der Waals surface area contributed by atoms with Crippen molar-refractivity contribution >= 4 is 6.09 Å². The maximum Gasteiger partial charge on any atom is 0.407 e. The zero-order valence-corrected chi connectivity index (χ0v) is 6.60. The van der Waals surface area contributed by atoms with Crippen molar-refractivity contribution in [2.75, 3.05) is 6.54 Å². The van der Waals surface area contributed by atoms with Crippen LogP contribution in [0.1, 0.15) is 20.8 Å². The number of nitrogens with one attached hydrogen (secondary N) is 1. The van der Waals surface area contributed by atoms with Gasteiger partial charge in [0.1, 0.15) is 5.60 Å². The van der Waals surface area contributed by atoms with Crippen LogP contribution >= 0.6 is 0 Å². The second kappa shape index (κ2) is 3.44. The normalized spacial score (nSPS) is 10.8. The molecule has 58 valence electrons. The molecule has 3 heteroatoms. The molecule has 0 saturated heterocycles. The van der Waals surface area contributed by atoms with Gasteiger partial charge in [0.2, 0.25) is 0 Å². The molecule has 0 aliphatic rings. The first kappa shape index (κ1) is 9.27. The second-order valence-electron chi connectivity index (χ2n) is 2.88. The molecule has 0 bridgehead atoms. The van der Waals surface area contributed by atoms with Crippen LogP contribution in [0.15, 0.2) is 0 Å². The molecule has 1 amide bonds. The highest BCUT2D eigenvalue weighted by atomic mass is 16.6. The maximum atomic E-state index is 10.6. The molecule has 10 heavy (non-hydrogen) atoms. The Hall–Kier alpha value is -0.730. The average molecular weight is 143 g/mol. The summed E-state index contributed by atoms with van der Waals surface area (Å²) >= 11 is 0. The summed E-state index contributed by atoms with van der Waals surface area (Å²) in [5, 5.41) is 2.32. The summed E-state index contributed by atoms with van der Waals surface area (Å²) in [6.45, 7) is 10.5. The number of hydrogen-bond acceptors (Lipinski definition) is 2. The Morgan fingerprint density at radius 1 is 1.60 bits per heavy atom. The minimum atomic E-state index is -0.477. The molecule has 0 fully saturated rings. The van der Waals surface area contributed by atoms with E-state index in [2.05, 4.69) is 5.32 Å². The molecule has 2 radical (unpaired) electrons. The molecular weight excluding hydrogens is 130 g/mol. The maximum absolute atomic E-state index is 10.6. The largest absolute Gasteiger partial charge is 0.444 e. The molecule has 3 nitrogen and oxygen atoms in total. The molecule has 0 spiro atoms. The van der Waals surface area contributed by atoms with Crippen molar-refractivity contribution in [1.82, 2.24) is 5.32 Å². The number of rotatable bonds is 1. The number of carbonyl (C=O) groups is 1. The van der Waals surface area contributed by atoms with Crippen LogP contribution in [0.4, 0.5) is 4.79 Å². The summed E-state index contributed by atoms with van der Waals surface area (Å²) in [6.07, 6.45) is -0.477. The van der Waals surface area contributed by atoms with Gasteiger partial charge in [-0.25, -0.2) is 4.79 Å². The molecular formula is C7H13NO2. The van der Waals surface area contributed by atoms with Gasteiger partial charge in [0, 0.05) is 6.54 Å². The number of carbonyl (C=O) groups excluding carboxylic acids is 1. The van der Waals surface area contributed by atoms with Crippen LogP contribution < -0.4 is 5.32 Å². The van der Waals surface area contributed by atoms with Crippen LogP contribution in [0.25, 0.3) is 0 Å². The first-order valence-electron chi connectivity index (χ1n) is 3.12. The summed E-state index contributed by atoms with van der Waals surface area (Å²) in [5.74, 6) is 0. The van der Waals surface area contributed by atoms with Gasteiger partial charge >= 0.3 is 6.09 Å². The SMILES string of the molecule is [CH]CNC(=O)OC(C)(C)C. The third-order valence-corrected chi connectivity index (χ3v) is 0.645. The highest BCUT2D eigenvalue weighted by Gasteiger charge is 2.14. The first-order chi connectivity index (χ1) is 4.45. The van der Waals surface area contributed by atoms with Crippen molar-refractivity contribution in [3.8, 4) is 0 Å². The Morgan fingerprint density at radius 3 is 2.40 bits per heavy atom. The van der Waals surface area contributed by atoms with Crippen LogP contribution in [-0.2, 0) is 4.74 Å². The third-order valence-electron chi connectivity index (χ3n) is 0.645. The topological polar surface area (TPSA) is 38.3 Å². The Morgan fingerprint density at radius 2 is 2.10 bits per heavy atom. The van der Waals surface area contributed by atoms with E-state index in [1.165, 1.54) is 0 Å². The van der Waals surface area contributed by atoms with Crippen LogP contribution in [0.5, 0.6) is 0 Å². The van der Waals surface area contributed by atoms with E-state index >= 15 is 0 Å². The summed E-state index contributed by atoms with van der Waals surface area (Å²) in [7, 11) is 0. The lowest BCUT2D eigenvalue weighted by Crippen LogP contribution is -2.32. The van der Waals surface area contributed by atoms with Gasteiger partial charge < -0.3 is 10.1 Å². The number of hydrogen-bond donors (Lipinski definition) is 1. The van der Waals surface area contributed by atoms with Gasteiger partial charge in [-0.15, -0.1) is 0 Å². The molecule has 0 rings (SSSR count). The van der Waals surface area contributed by atoms with Crippen LogP contribution in [0.2, 0.25) is 0 Å². The molecule has 0 aromatic heterocycles. The predicted molar refractivity (Wildman–Crippen MR) is 38.5 cm³/mol. The van der Waals surface area contributed by atoms with Gasteiger partial charge in [-0.05, 0) is 27.7 Å². The Balaban J connectivity index is 3.58. The monoisotopic (exact) mass is 143 g/mol. The zero-order valence-electron chi connectivity index (χ0n) is 6.60. The minimum absolute atomic E-state index is 0.106. The summed E-state index contributed by atoms with van der Waals surface area (Å²) in [5.41, 5.74) is -0.445. The Bertz CT molecular complexity index is 115. The van der Waals surface area contributed by atoms with Gasteiger partial charge in [-0.1, -0.05) is 0 Å². The van der Waals surface area contributed by atoms with Crippen molar-refractivity contribution < 1.29 is 9.53 Å². The molecule has 0 aliphatic carbocycles. The van der Waals surface area contributed by atoms with E-state index in [1.807, 2.05) is 0 Å². The first-order valence-corrected chi connectivity index (χ1v) is 3.12. The van der Waals surface area contributed by atoms with Crippen molar-refractivity contribution in [3.63, 3.8) is 0 Å². The standard InChI is InChI=1S/C7H13NO2/c1-5-8-6(9)10-7(2,3)4/h1H,5H2,2-4H3,(H,8,9). The summed E-state index contributed by atoms with van der Waals surface area (Å²) in [4.78, 5) is 10.6. The fourth-order valence-electron chi connectivity index (χ4n) is 0.398. The van der Waals surface area contributed by atoms with Crippen LogP contribution in [0, 0.1) is 6.92 Å². The average Bonchev–Trinajstić information content (AvgIpc) is 1.59. The molecule has 0 aromatic rings. The quantitative estimate of drug-likeness (QED) is 0.599. The molecule has 0 aromatic carbocycles. The Kier molecular flexibility index (Phi) is 3.19. The van der Waals surface area contributed by atoms with E-state index in [0.717, 1.165) is 0 Å². The van der Waals surface area contributed by atoms with E-state index in [9.17, 15) is 4.79 Å². The van der Waals surface area contributed by atoms with Gasteiger partial charge in [0.05, 0.1) is 0 Å². The second-order valence-corrected chi connectivity index (χ2v) is 2.88. The molecule has 1 N–H and O–H groups in total. The highest BCUT2D eigenvalue weighted by molar-refractivity contribution is 5.67. The zero-order chi connectivity index (χ0) is 8.20. The molecule has 0 unspecified atom stereocenters. The summed E-state index contributed by atoms with van der Waals surface area (Å²) < 4.78 is 4.85. The summed E-state index contributed by atoms with van der Waals surface area (Å²) in [6, 6.07) is 0. The van der Waals surface area contributed by atoms with Crippen LogP contribution in [-0.4, -0.2) is 18.2 Å². The fourth-order valence-corrected chi connectivity index (χ4v) is 0.398. The highest BCUT2D eigenvalue weighted by Crippen LogP contribution is 2.05. The smallest absolute Gasteiger partial charge is 0.407 e. The van der Waals surface area contributed by atoms with Crippen LogP contribution in [0.3, 0.4) is 0 Å². The number of alkyl carbamates (subject to hydrolysis) is 1. The molecule has 0 saturated carbocycles. The fraction of sp³-hybridized carbons (Fsp3) is 0.714. The lowest BCUT2D eigenvalue weighted by atomic mass is 10.2. The predicted octanol–water partition coefficient (Wildman–Crippen LogP) is 1.22. The lowest BCUT2D eigenvalue weighted by Gasteiger charge is -2.19. The number of amides is 1. The van der Waals surface area contributed by atoms with E-state index in [-0.39, 0.29) is 6.54 Å². The number of ether oxygens (including phenoxy) is 1. The molecule has 0 aliphatic heterocycles. The van der Waals surface area contributed by atoms with E-state index < -0.39 is 11.7 Å². The minimum Gasteiger partial charge on any atom is -0.444 e. The molecule has 0 heterocycles. The van der Waals surface area contributed by atoms with Gasteiger partial charge in [-0.3, -0.25) is 0 Å². The van der Waals surface area contributed by atoms with Crippen molar-refractivity contribution in [2.45, 2.75) is 26.4 Å². The van der Waals surface area contributed by atoms with E-state index in [4.69, 9.17) is 11.7 Å². The van der Waals surface area contributed by atoms with Gasteiger partial charge in [0.15, 0.2) is 0 Å². The van der Waals surface area contributed by atoms with Crippen molar-refractivity contribution in [2.24, 2.45) is 0 Å². The van der Waals surface area contributed by atoms with Crippen molar-refractivity contribution in [1.29, 1.82) is 0 Å². The van der Waals surface area contributed by atoms with Gasteiger partial charge in [0.25, 0.3) is 0 Å². The van der Waals surface area contributed by atoms with Crippen molar-refractivity contribution in [3.05, 3.63) is 6.92 Å². The lowest BCUT2D eigenvalue weighted by molar-refractivity contribution is 0.0534. The van der Waals surface area contributed by atoms with E-state index in [0.29, 0.717) is 0 Å².